The highest BCUT2D eigenvalue weighted by molar-refractivity contribution is 7.92. The quantitative estimate of drug-likeness (QED) is 0.496. The van der Waals surface area contributed by atoms with E-state index in [1.54, 1.807) is 30.3 Å². The molecule has 0 saturated heterocycles. The Hall–Kier alpha value is -3.03. The van der Waals surface area contributed by atoms with Gasteiger partial charge in [-0.25, -0.2) is 8.42 Å². The van der Waals surface area contributed by atoms with E-state index in [4.69, 9.17) is 16.3 Å². The third-order valence-electron chi connectivity index (χ3n) is 5.78. The molecule has 1 aliphatic carbocycles. The Labute approximate surface area is 192 Å². The van der Waals surface area contributed by atoms with E-state index >= 15 is 0 Å². The van der Waals surface area contributed by atoms with Crippen molar-refractivity contribution in [1.82, 2.24) is 0 Å². The van der Waals surface area contributed by atoms with E-state index in [-0.39, 0.29) is 16.6 Å². The van der Waals surface area contributed by atoms with Gasteiger partial charge in [-0.1, -0.05) is 48.4 Å². The maximum Gasteiger partial charge on any atom is 0.265 e. The molecule has 0 spiro atoms. The molecule has 3 aromatic rings. The van der Waals surface area contributed by atoms with Gasteiger partial charge in [-0.05, 0) is 60.9 Å². The second kappa shape index (κ2) is 8.84. The van der Waals surface area contributed by atoms with Gasteiger partial charge in [-0.15, -0.1) is 0 Å². The van der Waals surface area contributed by atoms with Gasteiger partial charge in [0, 0.05) is 16.4 Å². The van der Waals surface area contributed by atoms with E-state index in [0.717, 1.165) is 24.8 Å². The summed E-state index contributed by atoms with van der Waals surface area (Å²) < 4.78 is 33.9. The van der Waals surface area contributed by atoms with Crippen LogP contribution in [-0.4, -0.2) is 21.4 Å². The fourth-order valence-electron chi connectivity index (χ4n) is 3.88. The van der Waals surface area contributed by atoms with E-state index in [1.807, 2.05) is 30.3 Å². The zero-order valence-corrected chi connectivity index (χ0v) is 19.0. The van der Waals surface area contributed by atoms with Crippen LogP contribution >= 0.6 is 11.6 Å². The monoisotopic (exact) mass is 470 g/mol. The zero-order valence-electron chi connectivity index (χ0n) is 17.5. The molecule has 6 nitrogen and oxygen atoms in total. The average Bonchev–Trinajstić information content (AvgIpc) is 2.75. The number of carbonyl (C=O) groups is 1. The Bertz CT molecular complexity index is 1220. The molecule has 32 heavy (non-hydrogen) atoms. The molecular formula is C24H23ClN2O4S. The van der Waals surface area contributed by atoms with Crippen molar-refractivity contribution in [3.05, 3.63) is 83.4 Å². The molecule has 1 aliphatic rings. The maximum atomic E-state index is 13.2. The Morgan fingerprint density at radius 2 is 1.62 bits per heavy atom. The van der Waals surface area contributed by atoms with Crippen LogP contribution in [0.2, 0.25) is 5.02 Å². The van der Waals surface area contributed by atoms with Crippen molar-refractivity contribution in [2.24, 2.45) is 0 Å². The number of nitrogens with one attached hydrogen (secondary N) is 2. The number of sulfonamides is 1. The molecule has 1 fully saturated rings. The molecule has 3 aromatic carbocycles. The summed E-state index contributed by atoms with van der Waals surface area (Å²) in [6.45, 7) is 0. The number of benzene rings is 3. The van der Waals surface area contributed by atoms with Crippen molar-refractivity contribution in [1.29, 1.82) is 0 Å². The highest BCUT2D eigenvalue weighted by Crippen LogP contribution is 2.44. The van der Waals surface area contributed by atoms with Crippen LogP contribution in [0.25, 0.3) is 0 Å². The summed E-state index contributed by atoms with van der Waals surface area (Å²) in [6, 6.07) is 20.6. The van der Waals surface area contributed by atoms with Crippen LogP contribution in [0.5, 0.6) is 5.75 Å². The summed E-state index contributed by atoms with van der Waals surface area (Å²) in [7, 11) is -2.58. The van der Waals surface area contributed by atoms with Crippen LogP contribution < -0.4 is 14.8 Å². The minimum Gasteiger partial charge on any atom is -0.495 e. The van der Waals surface area contributed by atoms with E-state index in [9.17, 15) is 13.2 Å². The first-order valence-electron chi connectivity index (χ1n) is 10.2. The van der Waals surface area contributed by atoms with E-state index in [1.165, 1.54) is 19.2 Å². The summed E-state index contributed by atoms with van der Waals surface area (Å²) in [6.07, 6.45) is 2.47. The third-order valence-corrected chi connectivity index (χ3v) is 7.43. The summed E-state index contributed by atoms with van der Waals surface area (Å²) in [4.78, 5) is 13.2. The molecule has 8 heteroatoms. The third kappa shape index (κ3) is 4.31. The molecule has 166 valence electrons. The molecular weight excluding hydrogens is 448 g/mol. The Balaban J connectivity index is 1.62. The largest absolute Gasteiger partial charge is 0.495 e. The van der Waals surface area contributed by atoms with Crippen molar-refractivity contribution >= 4 is 38.9 Å². The molecule has 0 radical (unpaired) electrons. The van der Waals surface area contributed by atoms with Gasteiger partial charge in [0.05, 0.1) is 12.5 Å². The topological polar surface area (TPSA) is 84.5 Å². The minimum absolute atomic E-state index is 0.0740. The van der Waals surface area contributed by atoms with Gasteiger partial charge in [-0.2, -0.15) is 0 Å². The molecule has 0 unspecified atom stereocenters. The van der Waals surface area contributed by atoms with E-state index in [0.29, 0.717) is 16.4 Å². The van der Waals surface area contributed by atoms with Crippen molar-refractivity contribution in [3.63, 3.8) is 0 Å². The number of ether oxygens (including phenoxy) is 1. The smallest absolute Gasteiger partial charge is 0.265 e. The number of rotatable bonds is 7. The molecule has 0 aliphatic heterocycles. The highest BCUT2D eigenvalue weighted by Gasteiger charge is 2.45. The predicted molar refractivity (Wildman–Crippen MR) is 126 cm³/mol. The number of hydrogen-bond donors (Lipinski definition) is 2. The molecule has 0 heterocycles. The van der Waals surface area contributed by atoms with Gasteiger partial charge in [0.25, 0.3) is 10.0 Å². The second-order valence-electron chi connectivity index (χ2n) is 7.73. The van der Waals surface area contributed by atoms with Crippen LogP contribution in [0.1, 0.15) is 24.8 Å². The standard InChI is InChI=1S/C24H23ClN2O4S/c1-31-21-13-12-20(16-22(21)32(29,30)27-19-10-8-18(25)9-11-19)26-23(28)24(14-5-15-24)17-6-3-2-4-7-17/h2-4,6-13,16,27H,5,14-15H2,1H3,(H,26,28). The lowest BCUT2D eigenvalue weighted by Crippen LogP contribution is -2.46. The van der Waals surface area contributed by atoms with Gasteiger partial charge in [0.1, 0.15) is 10.6 Å². The van der Waals surface area contributed by atoms with Crippen LogP contribution in [0.3, 0.4) is 0 Å². The number of amides is 1. The van der Waals surface area contributed by atoms with E-state index < -0.39 is 15.4 Å². The Kier molecular flexibility index (Phi) is 6.13. The lowest BCUT2D eigenvalue weighted by molar-refractivity contribution is -0.124. The van der Waals surface area contributed by atoms with Gasteiger partial charge >= 0.3 is 0 Å². The predicted octanol–water partition coefficient (Wildman–Crippen LogP) is 5.21. The minimum atomic E-state index is -3.98. The van der Waals surface area contributed by atoms with Gasteiger partial charge in [0.2, 0.25) is 5.91 Å². The molecule has 4 rings (SSSR count). The Morgan fingerprint density at radius 3 is 2.22 bits per heavy atom. The van der Waals surface area contributed by atoms with Crippen LogP contribution in [0.4, 0.5) is 11.4 Å². The zero-order chi connectivity index (χ0) is 22.8. The van der Waals surface area contributed by atoms with Crippen molar-refractivity contribution in [2.45, 2.75) is 29.6 Å². The van der Waals surface area contributed by atoms with Gasteiger partial charge in [0.15, 0.2) is 0 Å². The summed E-state index contributed by atoms with van der Waals surface area (Å²) >= 11 is 5.88. The molecule has 2 N–H and O–H groups in total. The van der Waals surface area contributed by atoms with Crippen LogP contribution in [0.15, 0.2) is 77.7 Å². The van der Waals surface area contributed by atoms with Gasteiger partial charge < -0.3 is 10.1 Å². The number of anilines is 2. The number of methoxy groups -OCH3 is 1. The van der Waals surface area contributed by atoms with Crippen LogP contribution in [-0.2, 0) is 20.2 Å². The molecule has 0 bridgehead atoms. The summed E-state index contributed by atoms with van der Waals surface area (Å²) in [5.41, 5.74) is 1.12. The normalized spacial score (nSPS) is 14.8. The Morgan fingerprint density at radius 1 is 0.969 bits per heavy atom. The number of halogens is 1. The molecule has 1 saturated carbocycles. The van der Waals surface area contributed by atoms with Crippen molar-refractivity contribution in [3.8, 4) is 5.75 Å². The molecule has 0 atom stereocenters. The first kappa shape index (κ1) is 22.2. The first-order valence-corrected chi connectivity index (χ1v) is 12.0. The number of hydrogen-bond acceptors (Lipinski definition) is 4. The fourth-order valence-corrected chi connectivity index (χ4v) is 5.26. The van der Waals surface area contributed by atoms with Crippen LogP contribution in [0, 0.1) is 0 Å². The highest BCUT2D eigenvalue weighted by atomic mass is 35.5. The molecule has 0 aromatic heterocycles. The van der Waals surface area contributed by atoms with Gasteiger partial charge in [-0.3, -0.25) is 9.52 Å². The SMILES string of the molecule is COc1ccc(NC(=O)C2(c3ccccc3)CCC2)cc1S(=O)(=O)Nc1ccc(Cl)cc1. The lowest BCUT2D eigenvalue weighted by atomic mass is 9.64. The maximum absolute atomic E-state index is 13.2. The summed E-state index contributed by atoms with van der Waals surface area (Å²) in [5, 5.41) is 3.41. The van der Waals surface area contributed by atoms with Crippen molar-refractivity contribution in [2.75, 3.05) is 17.1 Å². The number of carbonyl (C=O) groups excluding carboxylic acids is 1. The summed E-state index contributed by atoms with van der Waals surface area (Å²) in [5.74, 6) is 0.0278. The molecule has 1 amide bonds. The fraction of sp³-hybridized carbons (Fsp3) is 0.208. The van der Waals surface area contributed by atoms with E-state index in [2.05, 4.69) is 10.0 Å². The first-order chi connectivity index (χ1) is 15.3. The average molecular weight is 471 g/mol. The second-order valence-corrected chi connectivity index (χ2v) is 9.82. The lowest BCUT2D eigenvalue weighted by Gasteiger charge is -2.40. The van der Waals surface area contributed by atoms with Crippen molar-refractivity contribution < 1.29 is 17.9 Å².